The molecule has 4 N–H and O–H groups in total. The molecule has 0 amide bonds. The van der Waals surface area contributed by atoms with Gasteiger partial charge in [0.05, 0.1) is 11.6 Å². The Morgan fingerprint density at radius 1 is 1.29 bits per heavy atom. The molecule has 0 spiro atoms. The summed E-state index contributed by atoms with van der Waals surface area (Å²) >= 11 is 3.30. The van der Waals surface area contributed by atoms with Crippen LogP contribution in [0.1, 0.15) is 11.5 Å². The van der Waals surface area contributed by atoms with E-state index in [4.69, 9.17) is 10.9 Å². The van der Waals surface area contributed by atoms with E-state index < -0.39 is 0 Å². The fourth-order valence-electron chi connectivity index (χ4n) is 1.99. The van der Waals surface area contributed by atoms with Gasteiger partial charge in [0.15, 0.2) is 0 Å². The minimum atomic E-state index is -0.357. The van der Waals surface area contributed by atoms with Crippen molar-refractivity contribution in [1.29, 1.82) is 0 Å². The van der Waals surface area contributed by atoms with Crippen molar-refractivity contribution in [2.45, 2.75) is 5.92 Å². The first-order valence-corrected chi connectivity index (χ1v) is 7.12. The third-order valence-corrected chi connectivity index (χ3v) is 3.59. The van der Waals surface area contributed by atoms with Gasteiger partial charge in [0.2, 0.25) is 0 Å². The average Bonchev–Trinajstić information content (AvgIpc) is 2.51. The predicted octanol–water partition coefficient (Wildman–Crippen LogP) is 3.53. The van der Waals surface area contributed by atoms with Gasteiger partial charge >= 0.3 is 0 Å². The molecule has 0 aliphatic carbocycles. The molecule has 2 aromatic carbocycles. The number of oxime groups is 1. The van der Waals surface area contributed by atoms with Gasteiger partial charge in [-0.25, -0.2) is 4.39 Å². The van der Waals surface area contributed by atoms with Crippen molar-refractivity contribution in [3.05, 3.63) is 64.4 Å². The highest BCUT2D eigenvalue weighted by atomic mass is 79.9. The number of hydrogen-bond acceptors (Lipinski definition) is 3. The normalized spacial score (nSPS) is 13.0. The van der Waals surface area contributed by atoms with Crippen LogP contribution in [-0.4, -0.2) is 17.6 Å². The molecule has 1 unspecified atom stereocenters. The highest BCUT2D eigenvalue weighted by molar-refractivity contribution is 9.10. The summed E-state index contributed by atoms with van der Waals surface area (Å²) in [6.45, 7) is 0.313. The van der Waals surface area contributed by atoms with Crippen molar-refractivity contribution < 1.29 is 9.60 Å². The number of hydrogen-bond donors (Lipinski definition) is 3. The second kappa shape index (κ2) is 7.08. The number of nitrogens with one attached hydrogen (secondary N) is 1. The van der Waals surface area contributed by atoms with E-state index in [-0.39, 0.29) is 17.6 Å². The smallest absolute Gasteiger partial charge is 0.148 e. The Kier molecular flexibility index (Phi) is 5.16. The summed E-state index contributed by atoms with van der Waals surface area (Å²) in [4.78, 5) is 0. The SMILES string of the molecule is NC(=NO)C(CNc1cc(Br)ccc1F)c1ccccc1. The maximum Gasteiger partial charge on any atom is 0.148 e. The molecular weight excluding hydrogens is 337 g/mol. The van der Waals surface area contributed by atoms with Gasteiger partial charge in [-0.2, -0.15) is 0 Å². The van der Waals surface area contributed by atoms with Crippen LogP contribution in [0.25, 0.3) is 0 Å². The molecule has 21 heavy (non-hydrogen) atoms. The number of halogens is 2. The fourth-order valence-corrected chi connectivity index (χ4v) is 2.35. The van der Waals surface area contributed by atoms with Crippen molar-refractivity contribution in [1.82, 2.24) is 0 Å². The van der Waals surface area contributed by atoms with E-state index in [1.54, 1.807) is 12.1 Å². The molecular formula is C15H15BrFN3O. The molecule has 6 heteroatoms. The fraction of sp³-hybridized carbons (Fsp3) is 0.133. The van der Waals surface area contributed by atoms with Gasteiger partial charge in [0.25, 0.3) is 0 Å². The monoisotopic (exact) mass is 351 g/mol. The number of amidine groups is 1. The number of nitrogens with two attached hydrogens (primary N) is 1. The summed E-state index contributed by atoms with van der Waals surface area (Å²) in [5, 5.41) is 15.0. The van der Waals surface area contributed by atoms with Gasteiger partial charge in [0, 0.05) is 11.0 Å². The maximum atomic E-state index is 13.7. The molecule has 0 bridgehead atoms. The molecule has 110 valence electrons. The third-order valence-electron chi connectivity index (χ3n) is 3.10. The first-order chi connectivity index (χ1) is 10.1. The second-order valence-electron chi connectivity index (χ2n) is 4.49. The summed E-state index contributed by atoms with van der Waals surface area (Å²) in [5.41, 5.74) is 6.98. The Hall–Kier alpha value is -2.08. The third kappa shape index (κ3) is 3.95. The van der Waals surface area contributed by atoms with E-state index in [1.165, 1.54) is 6.07 Å². The maximum absolute atomic E-state index is 13.7. The Morgan fingerprint density at radius 2 is 2.00 bits per heavy atom. The first-order valence-electron chi connectivity index (χ1n) is 6.33. The highest BCUT2D eigenvalue weighted by Crippen LogP contribution is 2.22. The van der Waals surface area contributed by atoms with Crippen LogP contribution in [0.5, 0.6) is 0 Å². The summed E-state index contributed by atoms with van der Waals surface area (Å²) in [6.07, 6.45) is 0. The van der Waals surface area contributed by atoms with Gasteiger partial charge in [-0.15, -0.1) is 0 Å². The van der Waals surface area contributed by atoms with Crippen molar-refractivity contribution in [3.8, 4) is 0 Å². The lowest BCUT2D eigenvalue weighted by Gasteiger charge is -2.18. The Morgan fingerprint density at radius 3 is 2.67 bits per heavy atom. The highest BCUT2D eigenvalue weighted by Gasteiger charge is 2.17. The predicted molar refractivity (Wildman–Crippen MR) is 85.2 cm³/mol. The number of anilines is 1. The van der Waals surface area contributed by atoms with Gasteiger partial charge < -0.3 is 16.3 Å². The first kappa shape index (κ1) is 15.3. The second-order valence-corrected chi connectivity index (χ2v) is 5.41. The zero-order valence-electron chi connectivity index (χ0n) is 11.1. The van der Waals surface area contributed by atoms with Crippen LogP contribution in [0.3, 0.4) is 0 Å². The van der Waals surface area contributed by atoms with Crippen LogP contribution in [-0.2, 0) is 0 Å². The number of benzene rings is 2. The Bertz CT molecular complexity index is 634. The Labute approximate surface area is 130 Å². The van der Waals surface area contributed by atoms with Crippen LogP contribution < -0.4 is 11.1 Å². The average molecular weight is 352 g/mol. The lowest BCUT2D eigenvalue weighted by molar-refractivity contribution is 0.316. The molecule has 1 atom stereocenters. The molecule has 2 rings (SSSR count). The van der Waals surface area contributed by atoms with Crippen molar-refractivity contribution in [2.24, 2.45) is 10.9 Å². The molecule has 0 aliphatic heterocycles. The van der Waals surface area contributed by atoms with Crippen LogP contribution in [0, 0.1) is 5.82 Å². The van der Waals surface area contributed by atoms with Gasteiger partial charge in [-0.05, 0) is 23.8 Å². The van der Waals surface area contributed by atoms with Crippen LogP contribution in [0.4, 0.5) is 10.1 Å². The van der Waals surface area contributed by atoms with Gasteiger partial charge in [0.1, 0.15) is 11.7 Å². The lowest BCUT2D eigenvalue weighted by Crippen LogP contribution is -2.28. The molecule has 0 aromatic heterocycles. The van der Waals surface area contributed by atoms with Gasteiger partial charge in [-0.3, -0.25) is 0 Å². The standard InChI is InChI=1S/C15H15BrFN3O/c16-11-6-7-13(17)14(8-11)19-9-12(15(18)20-21)10-4-2-1-3-5-10/h1-8,12,19,21H,9H2,(H2,18,20). The molecule has 0 heterocycles. The van der Waals surface area contributed by atoms with E-state index in [2.05, 4.69) is 26.4 Å². The topological polar surface area (TPSA) is 70.6 Å². The van der Waals surface area contributed by atoms with Crippen molar-refractivity contribution in [3.63, 3.8) is 0 Å². The summed E-state index contributed by atoms with van der Waals surface area (Å²) in [5.74, 6) is -0.636. The van der Waals surface area contributed by atoms with E-state index in [1.807, 2.05) is 30.3 Å². The minimum Gasteiger partial charge on any atom is -0.409 e. The van der Waals surface area contributed by atoms with Crippen molar-refractivity contribution in [2.75, 3.05) is 11.9 Å². The van der Waals surface area contributed by atoms with E-state index in [0.29, 0.717) is 12.2 Å². The van der Waals surface area contributed by atoms with Crippen molar-refractivity contribution >= 4 is 27.5 Å². The summed E-state index contributed by atoms with van der Waals surface area (Å²) in [6, 6.07) is 14.0. The van der Waals surface area contributed by atoms with E-state index >= 15 is 0 Å². The molecule has 0 saturated heterocycles. The molecule has 0 radical (unpaired) electrons. The Balaban J connectivity index is 2.19. The summed E-state index contributed by atoms with van der Waals surface area (Å²) < 4.78 is 14.5. The zero-order chi connectivity index (χ0) is 15.2. The summed E-state index contributed by atoms with van der Waals surface area (Å²) in [7, 11) is 0. The van der Waals surface area contributed by atoms with Crippen LogP contribution in [0.2, 0.25) is 0 Å². The largest absolute Gasteiger partial charge is 0.409 e. The number of rotatable bonds is 5. The minimum absolute atomic E-state index is 0.0732. The quantitative estimate of drug-likeness (QED) is 0.334. The number of nitrogens with zero attached hydrogens (tertiary/aromatic N) is 1. The molecule has 0 aliphatic rings. The van der Waals surface area contributed by atoms with Crippen LogP contribution in [0.15, 0.2) is 58.2 Å². The molecule has 2 aromatic rings. The molecule has 0 saturated carbocycles. The van der Waals surface area contributed by atoms with Crippen LogP contribution >= 0.6 is 15.9 Å². The lowest BCUT2D eigenvalue weighted by atomic mass is 9.98. The van der Waals surface area contributed by atoms with E-state index in [9.17, 15) is 4.39 Å². The van der Waals surface area contributed by atoms with Gasteiger partial charge in [-0.1, -0.05) is 51.4 Å². The zero-order valence-corrected chi connectivity index (χ0v) is 12.7. The molecule has 0 fully saturated rings. The molecule has 4 nitrogen and oxygen atoms in total. The van der Waals surface area contributed by atoms with E-state index in [0.717, 1.165) is 10.0 Å².